The Bertz CT molecular complexity index is 1010. The van der Waals surface area contributed by atoms with Gasteiger partial charge in [0, 0.05) is 18.6 Å². The minimum absolute atomic E-state index is 0.0324. The van der Waals surface area contributed by atoms with Crippen molar-refractivity contribution >= 4 is 0 Å². The van der Waals surface area contributed by atoms with E-state index in [9.17, 15) is 0 Å². The molecule has 0 saturated heterocycles. The van der Waals surface area contributed by atoms with Gasteiger partial charge in [0.05, 0.1) is 26.4 Å². The average Bonchev–Trinajstić information content (AvgIpc) is 3.21. The molecule has 0 bridgehead atoms. The van der Waals surface area contributed by atoms with Gasteiger partial charge in [0.15, 0.2) is 11.5 Å². The van der Waals surface area contributed by atoms with Gasteiger partial charge in [0.2, 0.25) is 0 Å². The van der Waals surface area contributed by atoms with Crippen LogP contribution in [0.4, 0.5) is 0 Å². The second kappa shape index (κ2) is 11.0. The summed E-state index contributed by atoms with van der Waals surface area (Å²) in [5.41, 5.74) is 8.27. The summed E-state index contributed by atoms with van der Waals surface area (Å²) < 4.78 is 24.3. The molecule has 1 spiro atoms. The van der Waals surface area contributed by atoms with Gasteiger partial charge in [-0.15, -0.1) is 0 Å². The van der Waals surface area contributed by atoms with Gasteiger partial charge < -0.3 is 18.9 Å². The van der Waals surface area contributed by atoms with Crippen molar-refractivity contribution in [2.45, 2.75) is 111 Å². The van der Waals surface area contributed by atoms with Crippen LogP contribution in [-0.2, 0) is 38.9 Å². The Hall–Kier alpha value is -2.04. The van der Waals surface area contributed by atoms with Gasteiger partial charge in [0.25, 0.3) is 0 Å². The van der Waals surface area contributed by atoms with Gasteiger partial charge in [-0.2, -0.15) is 0 Å². The first-order chi connectivity index (χ1) is 17.6. The minimum atomic E-state index is -0.0591. The van der Waals surface area contributed by atoms with Gasteiger partial charge in [0.1, 0.15) is 0 Å². The van der Waals surface area contributed by atoms with Crippen LogP contribution in [0.2, 0.25) is 0 Å². The Morgan fingerprint density at radius 3 is 1.46 bits per heavy atom. The SMILES string of the molecule is CCCOc1cc2c(cc1OCCC)C1(CC(C)(C)c3cc(COCC)c(COCC)cc31)CC2(C)C. The second-order valence-corrected chi connectivity index (χ2v) is 12.2. The number of hydrogen-bond acceptors (Lipinski definition) is 4. The molecule has 1 unspecified atom stereocenters. The second-order valence-electron chi connectivity index (χ2n) is 12.2. The van der Waals surface area contributed by atoms with E-state index in [1.807, 2.05) is 0 Å². The van der Waals surface area contributed by atoms with Crippen LogP contribution in [0.5, 0.6) is 11.5 Å². The molecule has 2 aliphatic rings. The van der Waals surface area contributed by atoms with Crippen molar-refractivity contribution in [3.63, 3.8) is 0 Å². The lowest BCUT2D eigenvalue weighted by Gasteiger charge is -2.31. The van der Waals surface area contributed by atoms with E-state index < -0.39 is 0 Å². The Morgan fingerprint density at radius 2 is 1.00 bits per heavy atom. The highest BCUT2D eigenvalue weighted by Crippen LogP contribution is 2.64. The summed E-state index contributed by atoms with van der Waals surface area (Å²) in [6, 6.07) is 9.49. The summed E-state index contributed by atoms with van der Waals surface area (Å²) in [5.74, 6) is 1.78. The topological polar surface area (TPSA) is 36.9 Å². The highest BCUT2D eigenvalue weighted by molar-refractivity contribution is 5.64. The molecular weight excluding hydrogens is 460 g/mol. The van der Waals surface area contributed by atoms with Gasteiger partial charge >= 0.3 is 0 Å². The van der Waals surface area contributed by atoms with Crippen LogP contribution in [0.3, 0.4) is 0 Å². The third kappa shape index (κ3) is 5.16. The first-order valence-corrected chi connectivity index (χ1v) is 14.4. The van der Waals surface area contributed by atoms with Gasteiger partial charge in [-0.1, -0.05) is 53.7 Å². The Morgan fingerprint density at radius 1 is 0.595 bits per heavy atom. The van der Waals surface area contributed by atoms with Crippen molar-refractivity contribution in [2.75, 3.05) is 26.4 Å². The Kier molecular flexibility index (Phi) is 8.30. The van der Waals surface area contributed by atoms with E-state index in [2.05, 4.69) is 79.7 Å². The maximum atomic E-state index is 6.30. The smallest absolute Gasteiger partial charge is 0.161 e. The summed E-state index contributed by atoms with van der Waals surface area (Å²) >= 11 is 0. The van der Waals surface area contributed by atoms with Crippen LogP contribution < -0.4 is 9.47 Å². The van der Waals surface area contributed by atoms with E-state index in [1.165, 1.54) is 33.4 Å². The zero-order chi connectivity index (χ0) is 26.8. The average molecular weight is 509 g/mol. The fraction of sp³-hybridized carbons (Fsp3) is 0.636. The normalized spacial score (nSPS) is 20.8. The molecule has 4 rings (SSSR count). The highest BCUT2D eigenvalue weighted by atomic mass is 16.5. The predicted molar refractivity (Wildman–Crippen MR) is 151 cm³/mol. The van der Waals surface area contributed by atoms with Crippen molar-refractivity contribution in [2.24, 2.45) is 0 Å². The summed E-state index contributed by atoms with van der Waals surface area (Å²) in [6.07, 6.45) is 4.11. The number of ether oxygens (including phenoxy) is 4. The molecule has 1 atom stereocenters. The van der Waals surface area contributed by atoms with E-state index in [-0.39, 0.29) is 16.2 Å². The number of fused-ring (bicyclic) bond motifs is 4. The van der Waals surface area contributed by atoms with Crippen LogP contribution in [-0.4, -0.2) is 26.4 Å². The van der Waals surface area contributed by atoms with Gasteiger partial charge in [-0.05, 0) is 95.9 Å². The molecule has 2 aliphatic carbocycles. The molecule has 0 aromatic heterocycles. The van der Waals surface area contributed by atoms with Crippen LogP contribution >= 0.6 is 0 Å². The molecule has 0 amide bonds. The molecule has 0 radical (unpaired) electrons. The molecule has 37 heavy (non-hydrogen) atoms. The monoisotopic (exact) mass is 508 g/mol. The van der Waals surface area contributed by atoms with Crippen molar-refractivity contribution in [3.8, 4) is 11.5 Å². The van der Waals surface area contributed by atoms with Gasteiger partial charge in [-0.25, -0.2) is 0 Å². The van der Waals surface area contributed by atoms with Crippen molar-refractivity contribution in [3.05, 3.63) is 57.6 Å². The summed E-state index contributed by atoms with van der Waals surface area (Å²) in [5, 5.41) is 0. The van der Waals surface area contributed by atoms with Crippen LogP contribution in [0, 0.1) is 0 Å². The molecule has 4 heteroatoms. The number of rotatable bonds is 12. The molecule has 4 nitrogen and oxygen atoms in total. The van der Waals surface area contributed by atoms with Crippen molar-refractivity contribution < 1.29 is 18.9 Å². The Labute approximate surface area is 225 Å². The predicted octanol–water partition coefficient (Wildman–Crippen LogP) is 7.99. The van der Waals surface area contributed by atoms with E-state index >= 15 is 0 Å². The molecule has 2 aromatic carbocycles. The first-order valence-electron chi connectivity index (χ1n) is 14.4. The zero-order valence-corrected chi connectivity index (χ0v) is 24.5. The third-order valence-electron chi connectivity index (χ3n) is 8.25. The lowest BCUT2D eigenvalue weighted by Crippen LogP contribution is -2.27. The maximum Gasteiger partial charge on any atom is 0.161 e. The quantitative estimate of drug-likeness (QED) is 0.291. The highest BCUT2D eigenvalue weighted by Gasteiger charge is 2.56. The molecule has 0 aliphatic heterocycles. The van der Waals surface area contributed by atoms with E-state index in [1.54, 1.807) is 0 Å². The molecule has 0 N–H and O–H groups in total. The summed E-state index contributed by atoms with van der Waals surface area (Å²) in [6.45, 7) is 22.1. The van der Waals surface area contributed by atoms with Gasteiger partial charge in [-0.3, -0.25) is 0 Å². The Balaban J connectivity index is 1.92. The van der Waals surface area contributed by atoms with Crippen LogP contribution in [0.1, 0.15) is 114 Å². The zero-order valence-electron chi connectivity index (χ0n) is 24.5. The van der Waals surface area contributed by atoms with E-state index in [0.717, 1.165) is 37.2 Å². The number of benzene rings is 2. The van der Waals surface area contributed by atoms with Crippen LogP contribution in [0.25, 0.3) is 0 Å². The molecule has 0 heterocycles. The first kappa shape index (κ1) is 28.0. The maximum absolute atomic E-state index is 6.30. The lowest BCUT2D eigenvalue weighted by molar-refractivity contribution is 0.119. The fourth-order valence-corrected chi connectivity index (χ4v) is 6.79. The van der Waals surface area contributed by atoms with Crippen molar-refractivity contribution in [1.29, 1.82) is 0 Å². The minimum Gasteiger partial charge on any atom is -0.490 e. The molecule has 2 aromatic rings. The molecular formula is C33H48O4. The summed E-state index contributed by atoms with van der Waals surface area (Å²) in [4.78, 5) is 0. The third-order valence-corrected chi connectivity index (χ3v) is 8.25. The molecule has 0 fully saturated rings. The van der Waals surface area contributed by atoms with Crippen molar-refractivity contribution in [1.82, 2.24) is 0 Å². The van der Waals surface area contributed by atoms with E-state index in [4.69, 9.17) is 18.9 Å². The molecule has 204 valence electrons. The van der Waals surface area contributed by atoms with E-state index in [0.29, 0.717) is 39.6 Å². The lowest BCUT2D eigenvalue weighted by atomic mass is 9.72. The fourth-order valence-electron chi connectivity index (χ4n) is 6.79. The largest absolute Gasteiger partial charge is 0.490 e. The number of hydrogen-bond donors (Lipinski definition) is 0. The van der Waals surface area contributed by atoms with Crippen LogP contribution in [0.15, 0.2) is 24.3 Å². The summed E-state index contributed by atoms with van der Waals surface area (Å²) in [7, 11) is 0. The molecule has 0 saturated carbocycles. The standard InChI is InChI=1S/C33H48O4/c1-9-13-36-29-17-26-28(18-30(29)37-14-10-2)33(22-32(26,7)8)21-31(5,6)25-15-23(19-34-11-3)24(16-27(25)33)20-35-12-4/h15-18H,9-14,19-22H2,1-8H3.